The number of sulfonamides is 1. The second-order valence-electron chi connectivity index (χ2n) is 9.18. The molecule has 0 radical (unpaired) electrons. The number of rotatable bonds is 10. The first-order valence-corrected chi connectivity index (χ1v) is 13.9. The summed E-state index contributed by atoms with van der Waals surface area (Å²) >= 11 is 0. The molecule has 1 amide bonds. The number of benzene rings is 3. The van der Waals surface area contributed by atoms with Crippen LogP contribution in [0.3, 0.4) is 0 Å². The van der Waals surface area contributed by atoms with Crippen LogP contribution >= 0.6 is 0 Å². The molecule has 0 unspecified atom stereocenters. The Balaban J connectivity index is 1.48. The van der Waals surface area contributed by atoms with Crippen molar-refractivity contribution in [1.29, 1.82) is 0 Å². The number of nitrogens with zero attached hydrogens (tertiary/aromatic N) is 3. The van der Waals surface area contributed by atoms with Gasteiger partial charge in [-0.1, -0.05) is 66.2 Å². The molecule has 0 aliphatic rings. The zero-order chi connectivity index (χ0) is 27.1. The minimum absolute atomic E-state index is 0.154. The number of para-hydroxylation sites is 1. The molecule has 0 atom stereocenters. The molecule has 3 aromatic carbocycles. The van der Waals surface area contributed by atoms with E-state index >= 15 is 0 Å². The highest BCUT2D eigenvalue weighted by Crippen LogP contribution is 2.20. The van der Waals surface area contributed by atoms with Gasteiger partial charge in [0.2, 0.25) is 10.0 Å². The van der Waals surface area contributed by atoms with Crippen LogP contribution in [0.2, 0.25) is 0 Å². The number of hydrogen-bond acceptors (Lipinski definition) is 4. The standard InChI is InChI=1S/C30H32N4O3S/c1-23-14-16-29(17-15-23)38(36,37)33(19-18-26-10-6-4-7-11-26)22-30(35)32-31-21-27-20-24(2)34(25(27)3)28-12-8-5-9-13-28/h4-17,20-21H,18-19,22H2,1-3H3,(H,32,35)/b31-21-. The van der Waals surface area contributed by atoms with Gasteiger partial charge in [0.25, 0.3) is 5.91 Å². The summed E-state index contributed by atoms with van der Waals surface area (Å²) in [7, 11) is -3.88. The quantitative estimate of drug-likeness (QED) is 0.237. The minimum atomic E-state index is -3.88. The fourth-order valence-electron chi connectivity index (χ4n) is 4.30. The van der Waals surface area contributed by atoms with Gasteiger partial charge in [-0.25, -0.2) is 13.8 Å². The molecule has 0 bridgehead atoms. The zero-order valence-corrected chi connectivity index (χ0v) is 22.7. The Hall–Kier alpha value is -4.01. The van der Waals surface area contributed by atoms with Gasteiger partial charge < -0.3 is 4.57 Å². The summed E-state index contributed by atoms with van der Waals surface area (Å²) in [5.41, 5.74) is 8.38. The predicted molar refractivity (Wildman–Crippen MR) is 151 cm³/mol. The van der Waals surface area contributed by atoms with Crippen molar-refractivity contribution in [3.63, 3.8) is 0 Å². The van der Waals surface area contributed by atoms with Crippen LogP contribution in [-0.4, -0.2) is 42.5 Å². The summed E-state index contributed by atoms with van der Waals surface area (Å²) in [4.78, 5) is 13.0. The first-order chi connectivity index (χ1) is 18.3. The summed E-state index contributed by atoms with van der Waals surface area (Å²) in [6.07, 6.45) is 2.07. The Bertz CT molecular complexity index is 1510. The first-order valence-electron chi connectivity index (χ1n) is 12.4. The van der Waals surface area contributed by atoms with Gasteiger partial charge in [-0.15, -0.1) is 0 Å². The number of hydrazone groups is 1. The van der Waals surface area contributed by atoms with Crippen molar-refractivity contribution in [1.82, 2.24) is 14.3 Å². The lowest BCUT2D eigenvalue weighted by molar-refractivity contribution is -0.121. The highest BCUT2D eigenvalue weighted by molar-refractivity contribution is 7.89. The monoisotopic (exact) mass is 528 g/mol. The fraction of sp³-hybridized carbons (Fsp3) is 0.200. The van der Waals surface area contributed by atoms with Crippen LogP contribution in [0.25, 0.3) is 5.69 Å². The van der Waals surface area contributed by atoms with Gasteiger partial charge in [-0.3, -0.25) is 4.79 Å². The highest BCUT2D eigenvalue weighted by Gasteiger charge is 2.26. The van der Waals surface area contributed by atoms with Crippen LogP contribution in [0.5, 0.6) is 0 Å². The van der Waals surface area contributed by atoms with Crippen LogP contribution in [0.15, 0.2) is 101 Å². The molecule has 0 saturated carbocycles. The summed E-state index contributed by atoms with van der Waals surface area (Å²) in [5, 5.41) is 4.13. The molecule has 0 aliphatic carbocycles. The summed E-state index contributed by atoms with van der Waals surface area (Å²) in [5.74, 6) is -0.512. The molecule has 38 heavy (non-hydrogen) atoms. The minimum Gasteiger partial charge on any atom is -0.318 e. The number of nitrogens with one attached hydrogen (secondary N) is 1. The third-order valence-electron chi connectivity index (χ3n) is 6.35. The molecule has 0 saturated heterocycles. The van der Waals surface area contributed by atoms with E-state index in [2.05, 4.69) is 15.1 Å². The second kappa shape index (κ2) is 12.0. The number of hydrogen-bond donors (Lipinski definition) is 1. The second-order valence-corrected chi connectivity index (χ2v) is 11.1. The molecule has 1 aromatic heterocycles. The van der Waals surface area contributed by atoms with Crippen molar-refractivity contribution in [2.45, 2.75) is 32.1 Å². The molecule has 0 spiro atoms. The largest absolute Gasteiger partial charge is 0.318 e. The normalized spacial score (nSPS) is 11.8. The van der Waals surface area contributed by atoms with Gasteiger partial charge in [0, 0.05) is 29.2 Å². The van der Waals surface area contributed by atoms with Crippen molar-refractivity contribution in [2.24, 2.45) is 5.10 Å². The lowest BCUT2D eigenvalue weighted by Gasteiger charge is -2.21. The SMILES string of the molecule is Cc1ccc(S(=O)(=O)N(CCc2ccccc2)CC(=O)N/N=C\c2cc(C)n(-c3ccccc3)c2C)cc1. The van der Waals surface area contributed by atoms with Crippen molar-refractivity contribution < 1.29 is 13.2 Å². The maximum Gasteiger partial charge on any atom is 0.255 e. The summed E-state index contributed by atoms with van der Waals surface area (Å²) < 4.78 is 30.2. The third kappa shape index (κ3) is 6.45. The molecule has 4 rings (SSSR count). The van der Waals surface area contributed by atoms with Crippen molar-refractivity contribution in [3.8, 4) is 5.69 Å². The predicted octanol–water partition coefficient (Wildman–Crippen LogP) is 4.79. The fourth-order valence-corrected chi connectivity index (χ4v) is 5.70. The Kier molecular flexibility index (Phi) is 8.55. The summed E-state index contributed by atoms with van der Waals surface area (Å²) in [6.45, 7) is 5.71. The van der Waals surface area contributed by atoms with E-state index in [0.29, 0.717) is 6.42 Å². The van der Waals surface area contributed by atoms with Gasteiger partial charge in [0.15, 0.2) is 0 Å². The van der Waals surface area contributed by atoms with Crippen LogP contribution in [0.4, 0.5) is 0 Å². The molecule has 1 heterocycles. The lowest BCUT2D eigenvalue weighted by Crippen LogP contribution is -2.40. The molecular weight excluding hydrogens is 496 g/mol. The van der Waals surface area contributed by atoms with Gasteiger partial charge >= 0.3 is 0 Å². The van der Waals surface area contributed by atoms with Crippen molar-refractivity contribution >= 4 is 22.1 Å². The molecule has 1 N–H and O–H groups in total. The van der Waals surface area contributed by atoms with Gasteiger partial charge in [0.05, 0.1) is 17.7 Å². The number of aryl methyl sites for hydroxylation is 2. The third-order valence-corrected chi connectivity index (χ3v) is 8.21. The van der Waals surface area contributed by atoms with E-state index in [4.69, 9.17) is 0 Å². The van der Waals surface area contributed by atoms with E-state index in [1.54, 1.807) is 30.5 Å². The molecular formula is C30H32N4O3S. The zero-order valence-electron chi connectivity index (χ0n) is 21.8. The topological polar surface area (TPSA) is 83.8 Å². The van der Waals surface area contributed by atoms with Crippen LogP contribution in [0, 0.1) is 20.8 Å². The van der Waals surface area contributed by atoms with Crippen molar-refractivity contribution in [2.75, 3.05) is 13.1 Å². The van der Waals surface area contributed by atoms with Gasteiger partial charge in [0.1, 0.15) is 0 Å². The molecule has 7 nitrogen and oxygen atoms in total. The molecule has 0 fully saturated rings. The Morgan fingerprint density at radius 3 is 2.21 bits per heavy atom. The van der Waals surface area contributed by atoms with E-state index in [0.717, 1.165) is 33.8 Å². The number of carbonyl (C=O) groups is 1. The van der Waals surface area contributed by atoms with E-state index in [-0.39, 0.29) is 18.0 Å². The van der Waals surface area contributed by atoms with Crippen LogP contribution < -0.4 is 5.43 Å². The van der Waals surface area contributed by atoms with Gasteiger partial charge in [-0.05, 0) is 63.1 Å². The van der Waals surface area contributed by atoms with E-state index < -0.39 is 15.9 Å². The Morgan fingerprint density at radius 2 is 1.55 bits per heavy atom. The van der Waals surface area contributed by atoms with E-state index in [9.17, 15) is 13.2 Å². The molecule has 196 valence electrons. The highest BCUT2D eigenvalue weighted by atomic mass is 32.2. The van der Waals surface area contributed by atoms with E-state index in [1.165, 1.54) is 4.31 Å². The lowest BCUT2D eigenvalue weighted by atomic mass is 10.1. The average molecular weight is 529 g/mol. The van der Waals surface area contributed by atoms with Gasteiger partial charge in [-0.2, -0.15) is 9.41 Å². The van der Waals surface area contributed by atoms with Crippen LogP contribution in [-0.2, 0) is 21.2 Å². The molecule has 4 aromatic rings. The smallest absolute Gasteiger partial charge is 0.255 e. The summed E-state index contributed by atoms with van der Waals surface area (Å²) in [6, 6.07) is 28.2. The Labute approximate surface area is 224 Å². The van der Waals surface area contributed by atoms with E-state index in [1.807, 2.05) is 87.5 Å². The Morgan fingerprint density at radius 1 is 0.921 bits per heavy atom. The maximum atomic E-state index is 13.4. The van der Waals surface area contributed by atoms with Crippen molar-refractivity contribution in [3.05, 3.63) is 119 Å². The number of aromatic nitrogens is 1. The molecule has 8 heteroatoms. The maximum absolute atomic E-state index is 13.4. The number of amides is 1. The van der Waals surface area contributed by atoms with Crippen LogP contribution in [0.1, 0.15) is 28.1 Å². The molecule has 0 aliphatic heterocycles. The average Bonchev–Trinajstić information content (AvgIpc) is 3.20. The number of carbonyl (C=O) groups excluding carboxylic acids is 1. The first kappa shape index (κ1) is 27.0.